The third kappa shape index (κ3) is 3.02. The standard InChI is InChI=1S/C17H19BrN2O2S/c1-19-17(21)15-11-8-12(18)13(20(2)3)9-14(11)22-16(15)10-4-6-23-7-5-10/h4,8-9H,5-7H2,1-3H3,(H,19,21). The number of nitrogens with one attached hydrogen (secondary N) is 1. The molecule has 4 nitrogen and oxygen atoms in total. The third-order valence-electron chi connectivity index (χ3n) is 3.95. The molecule has 0 bridgehead atoms. The summed E-state index contributed by atoms with van der Waals surface area (Å²) >= 11 is 5.49. The van der Waals surface area contributed by atoms with Crippen molar-refractivity contribution in [1.29, 1.82) is 0 Å². The van der Waals surface area contributed by atoms with E-state index in [1.54, 1.807) is 7.05 Å². The van der Waals surface area contributed by atoms with E-state index in [0.717, 1.165) is 44.6 Å². The Kier molecular flexibility index (Phi) is 4.73. The van der Waals surface area contributed by atoms with Gasteiger partial charge in [-0.3, -0.25) is 4.79 Å². The number of carbonyl (C=O) groups is 1. The lowest BCUT2D eigenvalue weighted by atomic mass is 10.0. The minimum Gasteiger partial charge on any atom is -0.455 e. The van der Waals surface area contributed by atoms with Crippen molar-refractivity contribution in [3.8, 4) is 0 Å². The van der Waals surface area contributed by atoms with Gasteiger partial charge < -0.3 is 14.6 Å². The second-order valence-electron chi connectivity index (χ2n) is 5.63. The third-order valence-corrected chi connectivity index (χ3v) is 5.48. The number of carbonyl (C=O) groups excluding carboxylic acids is 1. The minimum absolute atomic E-state index is 0.109. The van der Waals surface area contributed by atoms with Crippen molar-refractivity contribution in [1.82, 2.24) is 5.32 Å². The number of amides is 1. The molecule has 0 fully saturated rings. The van der Waals surface area contributed by atoms with Gasteiger partial charge in [-0.25, -0.2) is 0 Å². The van der Waals surface area contributed by atoms with Gasteiger partial charge in [0, 0.05) is 42.8 Å². The van der Waals surface area contributed by atoms with Gasteiger partial charge in [-0.15, -0.1) is 0 Å². The predicted octanol–water partition coefficient (Wildman–Crippen LogP) is 4.14. The summed E-state index contributed by atoms with van der Waals surface area (Å²) in [5, 5.41) is 3.58. The van der Waals surface area contributed by atoms with E-state index in [1.165, 1.54) is 0 Å². The highest BCUT2D eigenvalue weighted by atomic mass is 79.9. The number of nitrogens with zero attached hydrogens (tertiary/aromatic N) is 1. The lowest BCUT2D eigenvalue weighted by molar-refractivity contribution is 0.0963. The summed E-state index contributed by atoms with van der Waals surface area (Å²) in [4.78, 5) is 14.5. The summed E-state index contributed by atoms with van der Waals surface area (Å²) in [6.07, 6.45) is 3.09. The Balaban J connectivity index is 2.26. The Morgan fingerprint density at radius 3 is 2.78 bits per heavy atom. The molecule has 1 aromatic heterocycles. The van der Waals surface area contributed by atoms with Gasteiger partial charge in [-0.1, -0.05) is 6.08 Å². The number of furan rings is 1. The Hall–Kier alpha value is -1.40. The second kappa shape index (κ2) is 6.61. The van der Waals surface area contributed by atoms with Gasteiger partial charge in [-0.05, 0) is 39.7 Å². The van der Waals surface area contributed by atoms with Gasteiger partial charge in [0.05, 0.1) is 11.3 Å². The molecular weight excluding hydrogens is 376 g/mol. The van der Waals surface area contributed by atoms with Crippen molar-refractivity contribution in [2.24, 2.45) is 0 Å². The molecule has 2 heterocycles. The van der Waals surface area contributed by atoms with Crippen LogP contribution in [0.4, 0.5) is 5.69 Å². The van der Waals surface area contributed by atoms with Crippen LogP contribution in [-0.2, 0) is 0 Å². The first-order chi connectivity index (χ1) is 11.0. The number of hydrogen-bond acceptors (Lipinski definition) is 4. The molecule has 0 saturated carbocycles. The molecule has 1 aromatic carbocycles. The molecule has 6 heteroatoms. The summed E-state index contributed by atoms with van der Waals surface area (Å²) in [6, 6.07) is 3.95. The lowest BCUT2D eigenvalue weighted by Crippen LogP contribution is -2.19. The van der Waals surface area contributed by atoms with Crippen LogP contribution < -0.4 is 10.2 Å². The van der Waals surface area contributed by atoms with E-state index in [0.29, 0.717) is 11.3 Å². The maximum atomic E-state index is 12.5. The van der Waals surface area contributed by atoms with Gasteiger partial charge in [0.2, 0.25) is 0 Å². The number of allylic oxidation sites excluding steroid dienone is 1. The van der Waals surface area contributed by atoms with E-state index in [1.807, 2.05) is 42.9 Å². The first-order valence-corrected chi connectivity index (χ1v) is 9.40. The molecule has 0 atom stereocenters. The monoisotopic (exact) mass is 394 g/mol. The van der Waals surface area contributed by atoms with Crippen molar-refractivity contribution >= 4 is 55.8 Å². The Morgan fingerprint density at radius 2 is 2.17 bits per heavy atom. The van der Waals surface area contributed by atoms with Gasteiger partial charge in [-0.2, -0.15) is 11.8 Å². The Bertz CT molecular complexity index is 795. The van der Waals surface area contributed by atoms with E-state index in [-0.39, 0.29) is 5.91 Å². The van der Waals surface area contributed by atoms with E-state index in [4.69, 9.17) is 4.42 Å². The van der Waals surface area contributed by atoms with Gasteiger partial charge in [0.15, 0.2) is 0 Å². The molecule has 23 heavy (non-hydrogen) atoms. The van der Waals surface area contributed by atoms with Gasteiger partial charge in [0.1, 0.15) is 11.3 Å². The molecule has 1 aliphatic rings. The molecule has 1 N–H and O–H groups in total. The first-order valence-electron chi connectivity index (χ1n) is 7.45. The largest absolute Gasteiger partial charge is 0.455 e. The van der Waals surface area contributed by atoms with Crippen LogP contribution in [0.1, 0.15) is 22.5 Å². The van der Waals surface area contributed by atoms with Gasteiger partial charge >= 0.3 is 0 Å². The average Bonchev–Trinajstić information content (AvgIpc) is 2.92. The summed E-state index contributed by atoms with van der Waals surface area (Å²) in [7, 11) is 5.62. The van der Waals surface area contributed by atoms with Crippen molar-refractivity contribution in [2.45, 2.75) is 6.42 Å². The van der Waals surface area contributed by atoms with Crippen LogP contribution in [0.3, 0.4) is 0 Å². The normalized spacial score (nSPS) is 14.7. The zero-order chi connectivity index (χ0) is 16.6. The maximum absolute atomic E-state index is 12.5. The molecular formula is C17H19BrN2O2S. The van der Waals surface area contributed by atoms with Crippen LogP contribution in [0.15, 0.2) is 27.1 Å². The highest BCUT2D eigenvalue weighted by Crippen LogP contribution is 2.38. The van der Waals surface area contributed by atoms with E-state index >= 15 is 0 Å². The van der Waals surface area contributed by atoms with Crippen LogP contribution in [0.2, 0.25) is 0 Å². The fourth-order valence-electron chi connectivity index (χ4n) is 2.76. The molecule has 0 unspecified atom stereocenters. The number of thioether (sulfide) groups is 1. The van der Waals surface area contributed by atoms with E-state index < -0.39 is 0 Å². The van der Waals surface area contributed by atoms with E-state index in [2.05, 4.69) is 27.3 Å². The first kappa shape index (κ1) is 16.5. The van der Waals surface area contributed by atoms with Crippen molar-refractivity contribution in [3.05, 3.63) is 34.0 Å². The molecule has 1 amide bonds. The smallest absolute Gasteiger partial charge is 0.255 e. The van der Waals surface area contributed by atoms with Crippen molar-refractivity contribution in [2.75, 3.05) is 37.5 Å². The Labute approximate surface area is 148 Å². The molecule has 0 radical (unpaired) electrons. The number of hydrogen-bond donors (Lipinski definition) is 1. The number of benzene rings is 1. The van der Waals surface area contributed by atoms with Crippen molar-refractivity contribution < 1.29 is 9.21 Å². The highest BCUT2D eigenvalue weighted by Gasteiger charge is 2.24. The second-order valence-corrected chi connectivity index (χ2v) is 7.64. The number of fused-ring (bicyclic) bond motifs is 1. The number of rotatable bonds is 3. The summed E-state index contributed by atoms with van der Waals surface area (Å²) < 4.78 is 7.07. The van der Waals surface area contributed by atoms with Crippen LogP contribution in [0, 0.1) is 0 Å². The molecule has 3 rings (SSSR count). The van der Waals surface area contributed by atoms with Crippen molar-refractivity contribution in [3.63, 3.8) is 0 Å². The number of anilines is 1. The quantitative estimate of drug-likeness (QED) is 0.849. The Morgan fingerprint density at radius 1 is 1.39 bits per heavy atom. The van der Waals surface area contributed by atoms with Crippen LogP contribution in [-0.4, -0.2) is 38.6 Å². The fraction of sp³-hybridized carbons (Fsp3) is 0.353. The molecule has 2 aromatic rings. The zero-order valence-corrected chi connectivity index (χ0v) is 15.8. The SMILES string of the molecule is CNC(=O)c1c(C2=CCSCC2)oc2cc(N(C)C)c(Br)cc12. The zero-order valence-electron chi connectivity index (χ0n) is 13.4. The fourth-order valence-corrected chi connectivity index (χ4v) is 4.31. The van der Waals surface area contributed by atoms with Crippen LogP contribution in [0.5, 0.6) is 0 Å². The lowest BCUT2D eigenvalue weighted by Gasteiger charge is -2.14. The minimum atomic E-state index is -0.109. The molecule has 0 spiro atoms. The molecule has 0 aliphatic carbocycles. The summed E-state index contributed by atoms with van der Waals surface area (Å²) in [5.74, 6) is 2.62. The summed E-state index contributed by atoms with van der Waals surface area (Å²) in [6.45, 7) is 0. The molecule has 0 saturated heterocycles. The topological polar surface area (TPSA) is 45.5 Å². The predicted molar refractivity (Wildman–Crippen MR) is 102 cm³/mol. The van der Waals surface area contributed by atoms with Gasteiger partial charge in [0.25, 0.3) is 5.91 Å². The van der Waals surface area contributed by atoms with E-state index in [9.17, 15) is 4.79 Å². The summed E-state index contributed by atoms with van der Waals surface area (Å²) in [5.41, 5.74) is 3.52. The van der Waals surface area contributed by atoms with Crippen LogP contribution in [0.25, 0.3) is 16.5 Å². The maximum Gasteiger partial charge on any atom is 0.255 e. The average molecular weight is 395 g/mol. The molecule has 1 aliphatic heterocycles. The highest BCUT2D eigenvalue weighted by molar-refractivity contribution is 9.10. The molecule has 122 valence electrons. The van der Waals surface area contributed by atoms with Crippen LogP contribution >= 0.6 is 27.7 Å². The number of halogens is 1.